The maximum Gasteiger partial charge on any atom is 0.408 e. The van der Waals surface area contributed by atoms with E-state index in [2.05, 4.69) is 30.1 Å². The lowest BCUT2D eigenvalue weighted by Crippen LogP contribution is -2.53. The van der Waals surface area contributed by atoms with Crippen LogP contribution < -0.4 is 10.6 Å². The molecule has 1 aromatic carbocycles. The van der Waals surface area contributed by atoms with Crippen LogP contribution in [0.2, 0.25) is 0 Å². The second kappa shape index (κ2) is 15.9. The molecular formula is C28H41N3O4S. The zero-order valence-corrected chi connectivity index (χ0v) is 23.1. The first-order valence-electron chi connectivity index (χ1n) is 12.3. The summed E-state index contributed by atoms with van der Waals surface area (Å²) in [6, 6.07) is 5.22. The Kier molecular flexibility index (Phi) is 13.8. The van der Waals surface area contributed by atoms with E-state index < -0.39 is 23.8 Å². The van der Waals surface area contributed by atoms with Gasteiger partial charge in [-0.15, -0.1) is 13.0 Å². The molecule has 0 spiro atoms. The smallest absolute Gasteiger partial charge is 0.408 e. The third kappa shape index (κ3) is 10.8. The summed E-state index contributed by atoms with van der Waals surface area (Å²) < 4.78 is 5.39. The molecule has 2 atom stereocenters. The van der Waals surface area contributed by atoms with Crippen LogP contribution in [-0.4, -0.2) is 59.5 Å². The number of hydrogen-bond acceptors (Lipinski definition) is 5. The van der Waals surface area contributed by atoms with Gasteiger partial charge in [0, 0.05) is 18.7 Å². The molecule has 3 amide bonds. The van der Waals surface area contributed by atoms with Crippen molar-refractivity contribution in [2.75, 3.05) is 25.1 Å². The number of unbranched alkanes of at least 4 members (excludes halogenated alkanes) is 2. The van der Waals surface area contributed by atoms with Crippen LogP contribution in [-0.2, 0) is 14.3 Å². The lowest BCUT2D eigenvalue weighted by atomic mass is 10.0. The van der Waals surface area contributed by atoms with E-state index >= 15 is 0 Å². The minimum absolute atomic E-state index is 0.120. The van der Waals surface area contributed by atoms with Crippen molar-refractivity contribution in [3.05, 3.63) is 48.0 Å². The predicted octanol–water partition coefficient (Wildman–Crippen LogP) is 4.68. The van der Waals surface area contributed by atoms with Gasteiger partial charge in [-0.2, -0.15) is 11.8 Å². The lowest BCUT2D eigenvalue weighted by molar-refractivity contribution is -0.141. The molecule has 1 aromatic rings. The Labute approximate surface area is 220 Å². The number of nitrogens with zero attached hydrogens (tertiary/aromatic N) is 1. The van der Waals surface area contributed by atoms with Gasteiger partial charge in [0.25, 0.3) is 0 Å². The Hall–Kier alpha value is -2.92. The summed E-state index contributed by atoms with van der Waals surface area (Å²) >= 11 is 1.56. The fraction of sp³-hybridized carbons (Fsp3) is 0.536. The summed E-state index contributed by atoms with van der Waals surface area (Å²) in [5, 5.41) is 5.68. The molecule has 36 heavy (non-hydrogen) atoms. The van der Waals surface area contributed by atoms with Crippen LogP contribution in [0, 0.1) is 12.3 Å². The van der Waals surface area contributed by atoms with E-state index in [4.69, 9.17) is 11.2 Å². The second-order valence-corrected chi connectivity index (χ2v) is 10.4. The van der Waals surface area contributed by atoms with Gasteiger partial charge >= 0.3 is 6.09 Å². The van der Waals surface area contributed by atoms with Crippen LogP contribution in [0.4, 0.5) is 4.79 Å². The number of carbonyl (C=O) groups excluding carboxylic acids is 3. The highest BCUT2D eigenvalue weighted by Gasteiger charge is 2.35. The van der Waals surface area contributed by atoms with Crippen molar-refractivity contribution < 1.29 is 19.1 Å². The fourth-order valence-corrected chi connectivity index (χ4v) is 3.99. The highest BCUT2D eigenvalue weighted by molar-refractivity contribution is 7.98. The van der Waals surface area contributed by atoms with Crippen molar-refractivity contribution in [3.63, 3.8) is 0 Å². The quantitative estimate of drug-likeness (QED) is 0.213. The van der Waals surface area contributed by atoms with E-state index in [-0.39, 0.29) is 18.4 Å². The molecule has 7 nitrogen and oxygen atoms in total. The predicted molar refractivity (Wildman–Crippen MR) is 148 cm³/mol. The van der Waals surface area contributed by atoms with Crippen LogP contribution >= 0.6 is 11.8 Å². The molecule has 0 aliphatic rings. The molecular weight excluding hydrogens is 474 g/mol. The second-order valence-electron chi connectivity index (χ2n) is 9.43. The Balaban J connectivity index is 3.35. The maximum absolute atomic E-state index is 13.8. The fourth-order valence-electron chi connectivity index (χ4n) is 3.52. The van der Waals surface area contributed by atoms with Crippen LogP contribution in [0.1, 0.15) is 70.5 Å². The molecule has 0 aliphatic carbocycles. The summed E-state index contributed by atoms with van der Waals surface area (Å²) in [5.74, 6) is 2.53. The van der Waals surface area contributed by atoms with Crippen molar-refractivity contribution in [1.82, 2.24) is 15.5 Å². The third-order valence-corrected chi connectivity index (χ3v) is 5.89. The first kappa shape index (κ1) is 31.1. The number of terminal acetylenes is 1. The lowest BCUT2D eigenvalue weighted by Gasteiger charge is -2.34. The first-order chi connectivity index (χ1) is 17.1. The minimum Gasteiger partial charge on any atom is -0.444 e. The standard InChI is InChI=1S/C28H41N3O4S/c1-8-11-12-18-29-25(32)24(22-15-13-21(10-3)14-16-22)31(19-9-2)26(33)23(17-20-36-7)30-27(34)35-28(4,5)6/h3,9,13-16,23-24H,2,8,11-12,17-20H2,1,4-7H3,(H,29,32)(H,30,34). The number of alkyl carbamates (subject to hydrolysis) is 1. The van der Waals surface area contributed by atoms with E-state index in [0.29, 0.717) is 29.8 Å². The van der Waals surface area contributed by atoms with E-state index in [1.165, 1.54) is 4.90 Å². The average Bonchev–Trinajstić information content (AvgIpc) is 2.83. The number of rotatable bonds is 14. The van der Waals surface area contributed by atoms with Gasteiger partial charge in [0.05, 0.1) is 0 Å². The van der Waals surface area contributed by atoms with Gasteiger partial charge in [-0.05, 0) is 63.3 Å². The van der Waals surface area contributed by atoms with E-state index in [0.717, 1.165) is 19.3 Å². The summed E-state index contributed by atoms with van der Waals surface area (Å²) in [6.45, 7) is 11.8. The van der Waals surface area contributed by atoms with E-state index in [1.807, 2.05) is 6.26 Å². The van der Waals surface area contributed by atoms with Crippen LogP contribution in [0.3, 0.4) is 0 Å². The monoisotopic (exact) mass is 515 g/mol. The molecule has 0 saturated heterocycles. The largest absolute Gasteiger partial charge is 0.444 e. The van der Waals surface area contributed by atoms with Crippen molar-refractivity contribution >= 4 is 29.7 Å². The zero-order valence-electron chi connectivity index (χ0n) is 22.3. The molecule has 1 rings (SSSR count). The minimum atomic E-state index is -0.916. The molecule has 2 N–H and O–H groups in total. The van der Waals surface area contributed by atoms with Crippen LogP contribution in [0.5, 0.6) is 0 Å². The van der Waals surface area contributed by atoms with Crippen LogP contribution in [0.15, 0.2) is 36.9 Å². The maximum atomic E-state index is 13.8. The van der Waals surface area contributed by atoms with E-state index in [9.17, 15) is 14.4 Å². The number of nitrogens with one attached hydrogen (secondary N) is 2. The number of hydrogen-bond donors (Lipinski definition) is 2. The molecule has 0 aromatic heterocycles. The molecule has 0 aliphatic heterocycles. The van der Waals surface area contributed by atoms with Gasteiger partial charge in [0.2, 0.25) is 11.8 Å². The van der Waals surface area contributed by atoms with Gasteiger partial charge in [-0.25, -0.2) is 4.79 Å². The normalized spacial score (nSPS) is 12.6. The molecule has 198 valence electrons. The van der Waals surface area contributed by atoms with Gasteiger partial charge in [-0.1, -0.05) is 43.9 Å². The van der Waals surface area contributed by atoms with Crippen molar-refractivity contribution in [2.45, 2.75) is 71.1 Å². The van der Waals surface area contributed by atoms with Crippen molar-refractivity contribution in [3.8, 4) is 12.3 Å². The first-order valence-corrected chi connectivity index (χ1v) is 13.7. The average molecular weight is 516 g/mol. The van der Waals surface area contributed by atoms with Crippen molar-refractivity contribution in [1.29, 1.82) is 0 Å². The molecule has 0 saturated carbocycles. The number of amides is 3. The van der Waals surface area contributed by atoms with Gasteiger partial charge < -0.3 is 20.3 Å². The Morgan fingerprint density at radius 2 is 1.89 bits per heavy atom. The molecule has 2 unspecified atom stereocenters. The molecule has 0 radical (unpaired) electrons. The zero-order chi connectivity index (χ0) is 27.1. The summed E-state index contributed by atoms with van der Waals surface area (Å²) in [4.78, 5) is 41.3. The topological polar surface area (TPSA) is 87.7 Å². The Morgan fingerprint density at radius 3 is 2.42 bits per heavy atom. The number of carbonyl (C=O) groups is 3. The molecule has 8 heteroatoms. The Morgan fingerprint density at radius 1 is 1.22 bits per heavy atom. The third-order valence-electron chi connectivity index (χ3n) is 5.24. The van der Waals surface area contributed by atoms with Gasteiger partial charge in [0.1, 0.15) is 17.7 Å². The highest BCUT2D eigenvalue weighted by atomic mass is 32.2. The van der Waals surface area contributed by atoms with Crippen LogP contribution in [0.25, 0.3) is 0 Å². The highest BCUT2D eigenvalue weighted by Crippen LogP contribution is 2.24. The molecule has 0 heterocycles. The van der Waals surface area contributed by atoms with Gasteiger partial charge in [-0.3, -0.25) is 9.59 Å². The SMILES string of the molecule is C#Cc1ccc(C(C(=O)NCCCCC)N(CC=C)C(=O)C(CCSC)NC(=O)OC(C)(C)C)cc1. The van der Waals surface area contributed by atoms with E-state index in [1.54, 1.807) is 62.9 Å². The van der Waals surface area contributed by atoms with Gasteiger partial charge in [0.15, 0.2) is 0 Å². The molecule has 0 bridgehead atoms. The Bertz CT molecular complexity index is 903. The summed E-state index contributed by atoms with van der Waals surface area (Å²) in [5.41, 5.74) is 0.586. The number of thioether (sulfide) groups is 1. The number of benzene rings is 1. The van der Waals surface area contributed by atoms with Crippen molar-refractivity contribution in [2.24, 2.45) is 0 Å². The summed E-state index contributed by atoms with van der Waals surface area (Å²) in [7, 11) is 0. The molecule has 0 fully saturated rings. The summed E-state index contributed by atoms with van der Waals surface area (Å²) in [6.07, 6.45) is 11.6. The number of ether oxygens (including phenoxy) is 1.